The third kappa shape index (κ3) is 2.33. The summed E-state index contributed by atoms with van der Waals surface area (Å²) in [6, 6.07) is 5.69. The van der Waals surface area contributed by atoms with Gasteiger partial charge >= 0.3 is 0 Å². The highest BCUT2D eigenvalue weighted by Gasteiger charge is 2.16. The van der Waals surface area contributed by atoms with E-state index in [0.29, 0.717) is 19.8 Å². The lowest BCUT2D eigenvalue weighted by atomic mass is 10.3. The molecule has 1 aliphatic rings. The molecule has 4 nitrogen and oxygen atoms in total. The number of rotatable bonds is 4. The minimum Gasteiger partial charge on any atom is -0.488 e. The first kappa shape index (κ1) is 10.1. The fourth-order valence-electron chi connectivity index (χ4n) is 1.42. The summed E-state index contributed by atoms with van der Waals surface area (Å²) in [5, 5.41) is 3.02. The average Bonchev–Trinajstić information content (AvgIpc) is 2.30. The van der Waals surface area contributed by atoms with Crippen molar-refractivity contribution in [2.75, 3.05) is 33.4 Å². The Morgan fingerprint density at radius 2 is 2.20 bits per heavy atom. The maximum Gasteiger partial charge on any atom is 0.203 e. The Morgan fingerprint density at radius 1 is 1.33 bits per heavy atom. The molecule has 1 N–H and O–H groups in total. The molecule has 0 radical (unpaired) electrons. The number of hydrogen-bond donors (Lipinski definition) is 1. The first-order chi connectivity index (χ1) is 7.42. The Hall–Kier alpha value is -1.42. The molecule has 82 valence electrons. The Bertz CT molecular complexity index is 328. The van der Waals surface area contributed by atoms with Crippen molar-refractivity contribution in [2.45, 2.75) is 0 Å². The van der Waals surface area contributed by atoms with Crippen LogP contribution in [-0.4, -0.2) is 33.4 Å². The molecule has 0 spiro atoms. The smallest absolute Gasteiger partial charge is 0.203 e. The van der Waals surface area contributed by atoms with E-state index in [9.17, 15) is 0 Å². The zero-order chi connectivity index (χ0) is 10.5. The lowest BCUT2D eigenvalue weighted by Crippen LogP contribution is -2.18. The Kier molecular flexibility index (Phi) is 3.29. The van der Waals surface area contributed by atoms with E-state index in [2.05, 4.69) is 5.32 Å². The van der Waals surface area contributed by atoms with E-state index < -0.39 is 0 Å². The molecule has 4 heteroatoms. The molecule has 0 amide bonds. The molecule has 0 aromatic heterocycles. The van der Waals surface area contributed by atoms with Gasteiger partial charge < -0.3 is 19.5 Å². The Morgan fingerprint density at radius 3 is 3.07 bits per heavy atom. The van der Waals surface area contributed by atoms with Gasteiger partial charge in [0.15, 0.2) is 11.5 Å². The molecule has 0 saturated heterocycles. The van der Waals surface area contributed by atoms with Gasteiger partial charge in [-0.15, -0.1) is 0 Å². The number of ether oxygens (including phenoxy) is 3. The molecule has 15 heavy (non-hydrogen) atoms. The minimum atomic E-state index is 0.583. The fourth-order valence-corrected chi connectivity index (χ4v) is 1.42. The van der Waals surface area contributed by atoms with Crippen molar-refractivity contribution in [1.82, 2.24) is 5.32 Å². The van der Waals surface area contributed by atoms with Gasteiger partial charge in [-0.25, -0.2) is 0 Å². The van der Waals surface area contributed by atoms with Gasteiger partial charge in [-0.05, 0) is 19.2 Å². The summed E-state index contributed by atoms with van der Waals surface area (Å²) in [6.07, 6.45) is 0. The van der Waals surface area contributed by atoms with Crippen molar-refractivity contribution >= 4 is 0 Å². The summed E-state index contributed by atoms with van der Waals surface area (Å²) >= 11 is 0. The number of hydrogen-bond acceptors (Lipinski definition) is 4. The van der Waals surface area contributed by atoms with Crippen LogP contribution in [0.3, 0.4) is 0 Å². The first-order valence-corrected chi connectivity index (χ1v) is 5.08. The van der Waals surface area contributed by atoms with Gasteiger partial charge in [0.25, 0.3) is 0 Å². The van der Waals surface area contributed by atoms with Crippen LogP contribution in [0.4, 0.5) is 0 Å². The van der Waals surface area contributed by atoms with Crippen LogP contribution in [-0.2, 0) is 0 Å². The Labute approximate surface area is 89.1 Å². The van der Waals surface area contributed by atoms with Crippen LogP contribution in [0.25, 0.3) is 0 Å². The predicted molar refractivity (Wildman–Crippen MR) is 56.9 cm³/mol. The third-order valence-electron chi connectivity index (χ3n) is 2.14. The summed E-state index contributed by atoms with van der Waals surface area (Å²) in [4.78, 5) is 0. The van der Waals surface area contributed by atoms with Gasteiger partial charge in [-0.1, -0.05) is 6.07 Å². The molecule has 1 heterocycles. The van der Waals surface area contributed by atoms with E-state index in [1.165, 1.54) is 0 Å². The molecule has 1 aromatic rings. The van der Waals surface area contributed by atoms with Gasteiger partial charge in [0.05, 0.1) is 0 Å². The maximum absolute atomic E-state index is 5.58. The lowest BCUT2D eigenvalue weighted by Gasteiger charge is -2.20. The molecular formula is C11H15NO3. The zero-order valence-corrected chi connectivity index (χ0v) is 8.79. The number of likely N-dealkylation sites (N-methyl/N-ethyl adjacent to an activating group) is 1. The van der Waals surface area contributed by atoms with Crippen LogP contribution >= 0.6 is 0 Å². The van der Waals surface area contributed by atoms with Crippen LogP contribution in [0.15, 0.2) is 18.2 Å². The highest BCUT2D eigenvalue weighted by molar-refractivity contribution is 5.51. The molecule has 0 saturated carbocycles. The third-order valence-corrected chi connectivity index (χ3v) is 2.14. The molecule has 0 unspecified atom stereocenters. The van der Waals surface area contributed by atoms with Crippen molar-refractivity contribution in [1.29, 1.82) is 0 Å². The number of nitrogens with one attached hydrogen (secondary N) is 1. The zero-order valence-electron chi connectivity index (χ0n) is 8.79. The highest BCUT2D eigenvalue weighted by atomic mass is 16.6. The SMILES string of the molecule is CNCCOc1cccc2c1OCCO2. The van der Waals surface area contributed by atoms with Crippen LogP contribution < -0.4 is 19.5 Å². The summed E-state index contributed by atoms with van der Waals surface area (Å²) < 4.78 is 16.5. The molecule has 0 atom stereocenters. The summed E-state index contributed by atoms with van der Waals surface area (Å²) in [6.45, 7) is 2.62. The minimum absolute atomic E-state index is 0.583. The Balaban J connectivity index is 2.09. The molecular weight excluding hydrogens is 194 g/mol. The standard InChI is InChI=1S/C11H15NO3/c1-12-5-6-13-9-3-2-4-10-11(9)15-8-7-14-10/h2-4,12H,5-8H2,1H3. The monoisotopic (exact) mass is 209 g/mol. The molecule has 0 bridgehead atoms. The van der Waals surface area contributed by atoms with Gasteiger partial charge in [0.2, 0.25) is 5.75 Å². The summed E-state index contributed by atoms with van der Waals surface area (Å²) in [5.74, 6) is 2.24. The van der Waals surface area contributed by atoms with E-state index in [4.69, 9.17) is 14.2 Å². The number of fused-ring (bicyclic) bond motifs is 1. The predicted octanol–water partition coefficient (Wildman–Crippen LogP) is 1.06. The van der Waals surface area contributed by atoms with Gasteiger partial charge in [-0.3, -0.25) is 0 Å². The van der Waals surface area contributed by atoms with E-state index in [1.54, 1.807) is 0 Å². The van der Waals surface area contributed by atoms with Gasteiger partial charge in [0.1, 0.15) is 19.8 Å². The van der Waals surface area contributed by atoms with Crippen molar-refractivity contribution in [2.24, 2.45) is 0 Å². The number of para-hydroxylation sites is 1. The second-order valence-electron chi connectivity index (χ2n) is 3.23. The van der Waals surface area contributed by atoms with Crippen molar-refractivity contribution < 1.29 is 14.2 Å². The first-order valence-electron chi connectivity index (χ1n) is 5.08. The van der Waals surface area contributed by atoms with Gasteiger partial charge in [-0.2, -0.15) is 0 Å². The van der Waals surface area contributed by atoms with Crippen molar-refractivity contribution in [3.05, 3.63) is 18.2 Å². The normalized spacial score (nSPS) is 13.7. The van der Waals surface area contributed by atoms with Crippen molar-refractivity contribution in [3.8, 4) is 17.2 Å². The van der Waals surface area contributed by atoms with Crippen LogP contribution in [0, 0.1) is 0 Å². The van der Waals surface area contributed by atoms with E-state index in [0.717, 1.165) is 23.8 Å². The quantitative estimate of drug-likeness (QED) is 0.753. The van der Waals surface area contributed by atoms with Crippen LogP contribution in [0.1, 0.15) is 0 Å². The second-order valence-corrected chi connectivity index (χ2v) is 3.23. The molecule has 2 rings (SSSR count). The van der Waals surface area contributed by atoms with Crippen LogP contribution in [0.5, 0.6) is 17.2 Å². The molecule has 0 aliphatic carbocycles. The average molecular weight is 209 g/mol. The topological polar surface area (TPSA) is 39.7 Å². The summed E-state index contributed by atoms with van der Waals surface area (Å²) in [7, 11) is 1.89. The molecule has 1 aromatic carbocycles. The second kappa shape index (κ2) is 4.89. The van der Waals surface area contributed by atoms with E-state index in [1.807, 2.05) is 25.2 Å². The largest absolute Gasteiger partial charge is 0.488 e. The van der Waals surface area contributed by atoms with Crippen molar-refractivity contribution in [3.63, 3.8) is 0 Å². The molecule has 1 aliphatic heterocycles. The number of benzene rings is 1. The fraction of sp³-hybridized carbons (Fsp3) is 0.455. The van der Waals surface area contributed by atoms with Crippen LogP contribution in [0.2, 0.25) is 0 Å². The van der Waals surface area contributed by atoms with E-state index in [-0.39, 0.29) is 0 Å². The highest BCUT2D eigenvalue weighted by Crippen LogP contribution is 2.38. The van der Waals surface area contributed by atoms with E-state index >= 15 is 0 Å². The van der Waals surface area contributed by atoms with Gasteiger partial charge in [0, 0.05) is 6.54 Å². The lowest BCUT2D eigenvalue weighted by molar-refractivity contribution is 0.162. The summed E-state index contributed by atoms with van der Waals surface area (Å²) in [5.41, 5.74) is 0. The molecule has 0 fully saturated rings. The maximum atomic E-state index is 5.58.